The molecule has 2 heterocycles. The Morgan fingerprint density at radius 3 is 2.62 bits per heavy atom. The van der Waals surface area contributed by atoms with E-state index in [4.69, 9.17) is 11.6 Å². The molecule has 2 N–H and O–H groups in total. The van der Waals surface area contributed by atoms with Gasteiger partial charge in [-0.3, -0.25) is 4.68 Å². The molecule has 4 aromatic rings. The predicted molar refractivity (Wildman–Crippen MR) is 124 cm³/mol. The summed E-state index contributed by atoms with van der Waals surface area (Å²) in [5.74, 6) is 1.06. The van der Waals surface area contributed by atoms with E-state index >= 15 is 0 Å². The van der Waals surface area contributed by atoms with Gasteiger partial charge < -0.3 is 10.6 Å². The van der Waals surface area contributed by atoms with E-state index in [2.05, 4.69) is 63.3 Å². The topological polar surface area (TPSA) is 67.7 Å². The number of hydrogen-bond donors (Lipinski definition) is 2. The van der Waals surface area contributed by atoms with Crippen molar-refractivity contribution in [3.63, 3.8) is 0 Å². The summed E-state index contributed by atoms with van der Waals surface area (Å²) in [5.41, 5.74) is 4.08. The van der Waals surface area contributed by atoms with Crippen molar-refractivity contribution in [1.29, 1.82) is 0 Å². The Balaban J connectivity index is 1.66. The van der Waals surface area contributed by atoms with Crippen LogP contribution in [0, 0.1) is 6.92 Å². The van der Waals surface area contributed by atoms with E-state index in [9.17, 15) is 0 Å². The number of benzene rings is 2. The van der Waals surface area contributed by atoms with Crippen LogP contribution >= 0.6 is 19.5 Å². The molecule has 0 radical (unpaired) electrons. The number of aromatic nitrogens is 4. The summed E-state index contributed by atoms with van der Waals surface area (Å²) in [7, 11) is 1.66. The Labute approximate surface area is 176 Å². The highest BCUT2D eigenvalue weighted by Crippen LogP contribution is 2.31. The molecule has 0 amide bonds. The molecule has 0 atom stereocenters. The lowest BCUT2D eigenvalue weighted by atomic mass is 10.1. The molecule has 0 aliphatic rings. The van der Waals surface area contributed by atoms with Crippen molar-refractivity contribution in [3.8, 4) is 0 Å². The van der Waals surface area contributed by atoms with Gasteiger partial charge in [0.05, 0.1) is 17.9 Å². The average Bonchev–Trinajstić information content (AvgIpc) is 3.05. The molecule has 4 rings (SSSR count). The first-order chi connectivity index (χ1) is 13.9. The van der Waals surface area contributed by atoms with Crippen molar-refractivity contribution in [3.05, 3.63) is 59.4 Å². The molecule has 0 unspecified atom stereocenters. The molecule has 2 aromatic carbocycles. The maximum absolute atomic E-state index is 6.37. The third-order valence-corrected chi connectivity index (χ3v) is 6.35. The van der Waals surface area contributed by atoms with Gasteiger partial charge in [0.1, 0.15) is 5.02 Å². The normalized spacial score (nSPS) is 11.2. The lowest BCUT2D eigenvalue weighted by Crippen LogP contribution is -2.09. The first-order valence-corrected chi connectivity index (χ1v) is 11.8. The molecule has 0 saturated heterocycles. The molecule has 0 aliphatic heterocycles. The van der Waals surface area contributed by atoms with Crippen molar-refractivity contribution in [2.75, 3.05) is 24.0 Å². The van der Waals surface area contributed by atoms with Crippen molar-refractivity contribution in [1.82, 2.24) is 19.7 Å². The van der Waals surface area contributed by atoms with E-state index in [1.54, 1.807) is 6.20 Å². The summed E-state index contributed by atoms with van der Waals surface area (Å²) >= 11 is 6.37. The smallest absolute Gasteiger partial charge is 0.229 e. The molecule has 0 fully saturated rings. The Kier molecular flexibility index (Phi) is 5.39. The lowest BCUT2D eigenvalue weighted by molar-refractivity contribution is 0.797. The number of fused-ring (bicyclic) bond motifs is 1. The summed E-state index contributed by atoms with van der Waals surface area (Å²) in [6, 6.07) is 12.4. The quantitative estimate of drug-likeness (QED) is 0.432. The maximum Gasteiger partial charge on any atom is 0.229 e. The minimum absolute atomic E-state index is 0.262. The Bertz CT molecular complexity index is 1190. The number of rotatable bonds is 5. The van der Waals surface area contributed by atoms with Gasteiger partial charge in [0.2, 0.25) is 5.95 Å². The minimum atomic E-state index is -0.262. The summed E-state index contributed by atoms with van der Waals surface area (Å²) in [6.07, 6.45) is 3.47. The van der Waals surface area contributed by atoms with Gasteiger partial charge >= 0.3 is 0 Å². The summed E-state index contributed by atoms with van der Waals surface area (Å²) in [5, 5.41) is 13.8. The Morgan fingerprint density at radius 2 is 1.83 bits per heavy atom. The second-order valence-corrected chi connectivity index (χ2v) is 9.72. The molecule has 2 aromatic heterocycles. The standard InChI is InChI=1S/C21H22ClN6P/c1-13-9-14-11-24-28(2)18(14)10-17(13)26-21-23-12-15(22)20(27-21)25-16-7-5-6-8-19(16)29(3)4/h5-12H,1-4H3,(H2,23,25,26,27). The first-order valence-electron chi connectivity index (χ1n) is 9.17. The molecule has 0 bridgehead atoms. The zero-order valence-corrected chi connectivity index (χ0v) is 18.4. The molecule has 8 heteroatoms. The van der Waals surface area contributed by atoms with Gasteiger partial charge in [0.15, 0.2) is 5.82 Å². The summed E-state index contributed by atoms with van der Waals surface area (Å²) < 4.78 is 1.85. The fourth-order valence-electron chi connectivity index (χ4n) is 3.18. The third-order valence-electron chi connectivity index (χ3n) is 4.72. The monoisotopic (exact) mass is 424 g/mol. The molecule has 6 nitrogen and oxygen atoms in total. The highest BCUT2D eigenvalue weighted by molar-refractivity contribution is 7.64. The fraction of sp³-hybridized carbons (Fsp3) is 0.190. The average molecular weight is 425 g/mol. The highest BCUT2D eigenvalue weighted by atomic mass is 35.5. The van der Waals surface area contributed by atoms with Crippen molar-refractivity contribution in [2.45, 2.75) is 6.92 Å². The fourth-order valence-corrected chi connectivity index (χ4v) is 4.32. The number of aryl methyl sites for hydroxylation is 2. The third kappa shape index (κ3) is 4.04. The molecule has 0 spiro atoms. The molecule has 0 saturated carbocycles. The van der Waals surface area contributed by atoms with Gasteiger partial charge in [-0.05, 0) is 49.3 Å². The molecular formula is C21H22ClN6P. The van der Waals surface area contributed by atoms with Crippen molar-refractivity contribution >= 4 is 58.9 Å². The SMILES string of the molecule is Cc1cc2cnn(C)c2cc1Nc1ncc(Cl)c(Nc2ccccc2P(C)C)n1. The Morgan fingerprint density at radius 1 is 1.03 bits per heavy atom. The molecule has 0 aliphatic carbocycles. The Hall–Kier alpha value is -2.69. The second-order valence-electron chi connectivity index (χ2n) is 7.05. The van der Waals surface area contributed by atoms with Gasteiger partial charge in [-0.25, -0.2) is 4.98 Å². The predicted octanol–water partition coefficient (Wildman–Crippen LogP) is 5.18. The van der Waals surface area contributed by atoms with Crippen LogP contribution in [0.2, 0.25) is 5.02 Å². The van der Waals surface area contributed by atoms with Gasteiger partial charge in [0, 0.05) is 23.8 Å². The van der Waals surface area contributed by atoms with Crippen molar-refractivity contribution < 1.29 is 0 Å². The van der Waals surface area contributed by atoms with E-state index in [1.165, 1.54) is 5.30 Å². The van der Waals surface area contributed by atoms with Gasteiger partial charge in [-0.2, -0.15) is 10.1 Å². The highest BCUT2D eigenvalue weighted by Gasteiger charge is 2.12. The van der Waals surface area contributed by atoms with Gasteiger partial charge in [0.25, 0.3) is 0 Å². The zero-order chi connectivity index (χ0) is 20.5. The van der Waals surface area contributed by atoms with Crippen LogP contribution < -0.4 is 15.9 Å². The molecule has 29 heavy (non-hydrogen) atoms. The summed E-state index contributed by atoms with van der Waals surface area (Å²) in [6.45, 7) is 6.49. The van der Waals surface area contributed by atoms with E-state index in [-0.39, 0.29) is 7.92 Å². The van der Waals surface area contributed by atoms with Crippen LogP contribution in [-0.2, 0) is 7.05 Å². The van der Waals surface area contributed by atoms with Crippen LogP contribution in [0.5, 0.6) is 0 Å². The summed E-state index contributed by atoms with van der Waals surface area (Å²) in [4.78, 5) is 8.97. The molecule has 148 valence electrons. The van der Waals surface area contributed by atoms with Crippen molar-refractivity contribution in [2.24, 2.45) is 7.05 Å². The van der Waals surface area contributed by atoms with Crippen LogP contribution in [0.4, 0.5) is 23.1 Å². The zero-order valence-electron chi connectivity index (χ0n) is 16.7. The van der Waals surface area contributed by atoms with E-state index < -0.39 is 0 Å². The van der Waals surface area contributed by atoms with Crippen LogP contribution in [-0.4, -0.2) is 33.1 Å². The van der Waals surface area contributed by atoms with Crippen LogP contribution in [0.1, 0.15) is 5.56 Å². The lowest BCUT2D eigenvalue weighted by Gasteiger charge is -2.16. The number of para-hydroxylation sites is 1. The van der Waals surface area contributed by atoms with Crippen LogP contribution in [0.25, 0.3) is 10.9 Å². The first kappa shape index (κ1) is 19.6. The number of nitrogens with one attached hydrogen (secondary N) is 2. The van der Waals surface area contributed by atoms with E-state index in [1.807, 2.05) is 37.0 Å². The van der Waals surface area contributed by atoms with Crippen LogP contribution in [0.15, 0.2) is 48.8 Å². The maximum atomic E-state index is 6.37. The van der Waals surface area contributed by atoms with Crippen LogP contribution in [0.3, 0.4) is 0 Å². The second kappa shape index (κ2) is 7.97. The number of anilines is 4. The minimum Gasteiger partial charge on any atom is -0.338 e. The number of nitrogens with zero attached hydrogens (tertiary/aromatic N) is 4. The van der Waals surface area contributed by atoms with Gasteiger partial charge in [-0.1, -0.05) is 37.7 Å². The number of hydrogen-bond acceptors (Lipinski definition) is 5. The number of halogens is 1. The van der Waals surface area contributed by atoms with E-state index in [0.717, 1.165) is 27.8 Å². The van der Waals surface area contributed by atoms with Gasteiger partial charge in [-0.15, -0.1) is 0 Å². The molecular weight excluding hydrogens is 403 g/mol. The van der Waals surface area contributed by atoms with E-state index in [0.29, 0.717) is 16.8 Å². The largest absolute Gasteiger partial charge is 0.338 e.